The minimum atomic E-state index is -0.511. The van der Waals surface area contributed by atoms with Crippen LogP contribution in [-0.2, 0) is 0 Å². The summed E-state index contributed by atoms with van der Waals surface area (Å²) in [6.07, 6.45) is 1.34. The van der Waals surface area contributed by atoms with Gasteiger partial charge in [-0.3, -0.25) is 0 Å². The highest BCUT2D eigenvalue weighted by molar-refractivity contribution is 6.30. The molecule has 1 N–H and O–H groups in total. The Labute approximate surface area is 97.4 Å². The third kappa shape index (κ3) is 1.43. The number of aromatic nitrogens is 1. The van der Waals surface area contributed by atoms with Gasteiger partial charge in [0.1, 0.15) is 6.61 Å². The summed E-state index contributed by atoms with van der Waals surface area (Å²) in [6.45, 7) is 3.00. The Morgan fingerprint density at radius 3 is 3.38 bits per heavy atom. The van der Waals surface area contributed by atoms with Crippen LogP contribution >= 0.6 is 11.6 Å². The molecule has 0 aromatic carbocycles. The van der Waals surface area contributed by atoms with E-state index < -0.39 is 5.82 Å². The highest BCUT2D eigenvalue weighted by atomic mass is 35.5. The number of nitrogens with one attached hydrogen (secondary N) is 1. The molecule has 6 heteroatoms. The van der Waals surface area contributed by atoms with Crippen LogP contribution in [0.2, 0.25) is 5.02 Å². The Kier molecular flexibility index (Phi) is 2.37. The van der Waals surface area contributed by atoms with Crippen molar-refractivity contribution >= 4 is 17.4 Å². The highest BCUT2D eigenvalue weighted by Gasteiger charge is 2.33. The second-order valence-corrected chi connectivity index (χ2v) is 4.34. The first-order chi connectivity index (χ1) is 7.77. The number of hydrogen-bond acceptors (Lipinski definition) is 4. The molecule has 1 atom stereocenters. The smallest absolute Gasteiger partial charge is 0.199 e. The van der Waals surface area contributed by atoms with E-state index in [1.165, 1.54) is 6.20 Å². The van der Waals surface area contributed by atoms with Crippen molar-refractivity contribution in [1.82, 2.24) is 10.3 Å². The molecule has 1 fully saturated rings. The normalized spacial score (nSPS) is 23.4. The van der Waals surface area contributed by atoms with Crippen molar-refractivity contribution in [2.75, 3.05) is 31.1 Å². The SMILES string of the molecule is Fc1c(Cl)cnc2c1OCC1CNCCN21. The van der Waals surface area contributed by atoms with E-state index in [2.05, 4.69) is 15.2 Å². The molecule has 3 heterocycles. The number of rotatable bonds is 0. The summed E-state index contributed by atoms with van der Waals surface area (Å²) in [5, 5.41) is 3.28. The molecule has 0 aliphatic carbocycles. The number of hydrogen-bond donors (Lipinski definition) is 1. The molecule has 2 aliphatic rings. The molecule has 0 bridgehead atoms. The standard InChI is InChI=1S/C10H11ClFN3O/c11-7-4-14-10-9(8(7)12)16-5-6-3-13-1-2-15(6)10/h4,6,13H,1-3,5H2. The lowest BCUT2D eigenvalue weighted by molar-refractivity contribution is 0.234. The Hall–Kier alpha value is -1.07. The van der Waals surface area contributed by atoms with Crippen molar-refractivity contribution in [2.24, 2.45) is 0 Å². The maximum atomic E-state index is 13.7. The van der Waals surface area contributed by atoms with E-state index in [4.69, 9.17) is 16.3 Å². The van der Waals surface area contributed by atoms with Crippen LogP contribution in [0.5, 0.6) is 5.75 Å². The van der Waals surface area contributed by atoms with Gasteiger partial charge >= 0.3 is 0 Å². The lowest BCUT2D eigenvalue weighted by Crippen LogP contribution is -2.56. The van der Waals surface area contributed by atoms with Crippen LogP contribution in [0.4, 0.5) is 10.2 Å². The zero-order valence-electron chi connectivity index (χ0n) is 8.54. The fourth-order valence-electron chi connectivity index (χ4n) is 2.14. The quantitative estimate of drug-likeness (QED) is 0.739. The summed E-state index contributed by atoms with van der Waals surface area (Å²) >= 11 is 5.67. The number of nitrogens with zero attached hydrogens (tertiary/aromatic N) is 2. The van der Waals surface area contributed by atoms with Gasteiger partial charge in [-0.15, -0.1) is 0 Å². The topological polar surface area (TPSA) is 37.4 Å². The van der Waals surface area contributed by atoms with Gasteiger partial charge in [0, 0.05) is 19.6 Å². The van der Waals surface area contributed by atoms with Crippen LogP contribution in [0.15, 0.2) is 6.20 Å². The zero-order chi connectivity index (χ0) is 11.1. The van der Waals surface area contributed by atoms with Crippen molar-refractivity contribution < 1.29 is 9.13 Å². The van der Waals surface area contributed by atoms with Gasteiger partial charge < -0.3 is 15.0 Å². The van der Waals surface area contributed by atoms with Crippen molar-refractivity contribution in [3.05, 3.63) is 17.0 Å². The van der Waals surface area contributed by atoms with Gasteiger partial charge in [-0.1, -0.05) is 11.6 Å². The maximum absolute atomic E-state index is 13.7. The van der Waals surface area contributed by atoms with E-state index in [0.717, 1.165) is 19.6 Å². The van der Waals surface area contributed by atoms with Gasteiger partial charge in [-0.25, -0.2) is 9.37 Å². The first-order valence-electron chi connectivity index (χ1n) is 5.21. The predicted molar refractivity (Wildman–Crippen MR) is 58.7 cm³/mol. The molecule has 4 nitrogen and oxygen atoms in total. The molecule has 2 aliphatic heterocycles. The molecule has 3 rings (SSSR count). The van der Waals surface area contributed by atoms with Crippen molar-refractivity contribution in [3.8, 4) is 5.75 Å². The summed E-state index contributed by atoms with van der Waals surface area (Å²) in [4.78, 5) is 6.24. The fraction of sp³-hybridized carbons (Fsp3) is 0.500. The van der Waals surface area contributed by atoms with Gasteiger partial charge in [0.25, 0.3) is 0 Å². The number of halogens is 2. The third-order valence-electron chi connectivity index (χ3n) is 2.95. The maximum Gasteiger partial charge on any atom is 0.199 e. The molecule has 16 heavy (non-hydrogen) atoms. The van der Waals surface area contributed by atoms with Gasteiger partial charge in [0.15, 0.2) is 17.4 Å². The van der Waals surface area contributed by atoms with Crippen molar-refractivity contribution in [1.29, 1.82) is 0 Å². The zero-order valence-corrected chi connectivity index (χ0v) is 9.30. The van der Waals surface area contributed by atoms with E-state index in [0.29, 0.717) is 12.4 Å². The summed E-state index contributed by atoms with van der Waals surface area (Å²) in [5.41, 5.74) is 0. The van der Waals surface area contributed by atoms with Crippen LogP contribution in [0.25, 0.3) is 0 Å². The average Bonchev–Trinajstić information content (AvgIpc) is 2.33. The minimum Gasteiger partial charge on any atom is -0.485 e. The van der Waals surface area contributed by atoms with Gasteiger partial charge in [-0.2, -0.15) is 0 Å². The van der Waals surface area contributed by atoms with E-state index in [-0.39, 0.29) is 16.8 Å². The second kappa shape index (κ2) is 3.75. The first kappa shape index (κ1) is 10.1. The van der Waals surface area contributed by atoms with Crippen LogP contribution in [0, 0.1) is 5.82 Å². The Morgan fingerprint density at radius 2 is 2.50 bits per heavy atom. The molecule has 86 valence electrons. The molecular weight excluding hydrogens is 233 g/mol. The molecule has 0 saturated carbocycles. The number of pyridine rings is 1. The molecule has 0 amide bonds. The molecular formula is C10H11ClFN3O. The van der Waals surface area contributed by atoms with Crippen molar-refractivity contribution in [3.63, 3.8) is 0 Å². The van der Waals surface area contributed by atoms with Crippen LogP contribution in [0.3, 0.4) is 0 Å². The van der Waals surface area contributed by atoms with Gasteiger partial charge in [0.2, 0.25) is 0 Å². The summed E-state index contributed by atoms with van der Waals surface area (Å²) < 4.78 is 19.1. The fourth-order valence-corrected chi connectivity index (χ4v) is 2.28. The number of anilines is 1. The monoisotopic (exact) mass is 243 g/mol. The highest BCUT2D eigenvalue weighted by Crippen LogP contribution is 2.37. The number of ether oxygens (including phenoxy) is 1. The van der Waals surface area contributed by atoms with Gasteiger partial charge in [0.05, 0.1) is 17.3 Å². The lowest BCUT2D eigenvalue weighted by Gasteiger charge is -2.40. The number of fused-ring (bicyclic) bond motifs is 3. The van der Waals surface area contributed by atoms with Crippen LogP contribution in [-0.4, -0.2) is 37.3 Å². The molecule has 1 saturated heterocycles. The van der Waals surface area contributed by atoms with Gasteiger partial charge in [-0.05, 0) is 0 Å². The van der Waals surface area contributed by atoms with E-state index in [1.807, 2.05) is 0 Å². The van der Waals surface area contributed by atoms with Crippen LogP contribution < -0.4 is 15.0 Å². The van der Waals surface area contributed by atoms with E-state index in [1.54, 1.807) is 0 Å². The molecule has 0 radical (unpaired) electrons. The van der Waals surface area contributed by atoms with Crippen LogP contribution in [0.1, 0.15) is 0 Å². The molecule has 1 aromatic rings. The molecule has 0 spiro atoms. The predicted octanol–water partition coefficient (Wildman–Crippen LogP) is 1.04. The first-order valence-corrected chi connectivity index (χ1v) is 5.59. The average molecular weight is 244 g/mol. The molecule has 1 unspecified atom stereocenters. The Bertz CT molecular complexity index is 429. The largest absolute Gasteiger partial charge is 0.485 e. The molecule has 1 aromatic heterocycles. The third-order valence-corrected chi connectivity index (χ3v) is 3.22. The summed E-state index contributed by atoms with van der Waals surface area (Å²) in [6, 6.07) is 0.231. The lowest BCUT2D eigenvalue weighted by atomic mass is 10.1. The van der Waals surface area contributed by atoms with E-state index >= 15 is 0 Å². The second-order valence-electron chi connectivity index (χ2n) is 3.94. The Balaban J connectivity index is 2.05. The Morgan fingerprint density at radius 1 is 1.62 bits per heavy atom. The minimum absolute atomic E-state index is 0.00679. The summed E-state index contributed by atoms with van der Waals surface area (Å²) in [5.74, 6) is 0.244. The van der Waals surface area contributed by atoms with Crippen molar-refractivity contribution in [2.45, 2.75) is 6.04 Å². The number of piperazine rings is 1. The van der Waals surface area contributed by atoms with E-state index in [9.17, 15) is 4.39 Å². The summed E-state index contributed by atoms with van der Waals surface area (Å²) in [7, 11) is 0.